The summed E-state index contributed by atoms with van der Waals surface area (Å²) in [6.07, 6.45) is -0.245. The van der Waals surface area contributed by atoms with E-state index in [1.54, 1.807) is 0 Å². The number of halogens is 1. The van der Waals surface area contributed by atoms with Gasteiger partial charge in [-0.25, -0.2) is 0 Å². The van der Waals surface area contributed by atoms with Crippen molar-refractivity contribution in [2.45, 2.75) is 19.3 Å². The molecule has 1 aliphatic heterocycles. The van der Waals surface area contributed by atoms with Crippen molar-refractivity contribution in [3.8, 4) is 0 Å². The molecule has 1 aromatic carbocycles. The summed E-state index contributed by atoms with van der Waals surface area (Å²) in [7, 11) is 0. The number of benzene rings is 1. The Bertz CT molecular complexity index is 356. The Morgan fingerprint density at radius 1 is 1.53 bits per heavy atom. The number of nitrogens with two attached hydrogens (primary N) is 1. The first-order chi connectivity index (χ1) is 7.20. The van der Waals surface area contributed by atoms with Gasteiger partial charge in [-0.1, -0.05) is 28.1 Å². The summed E-state index contributed by atoms with van der Waals surface area (Å²) in [6, 6.07) is 6.09. The van der Waals surface area contributed by atoms with Crippen LogP contribution in [0.2, 0.25) is 0 Å². The predicted octanol–water partition coefficient (Wildman–Crippen LogP) is 2.13. The lowest BCUT2D eigenvalue weighted by Crippen LogP contribution is -2.21. The zero-order valence-electron chi connectivity index (χ0n) is 8.57. The first kappa shape index (κ1) is 11.1. The van der Waals surface area contributed by atoms with Gasteiger partial charge in [-0.2, -0.15) is 0 Å². The molecule has 4 heteroatoms. The third-order valence-electron chi connectivity index (χ3n) is 2.48. The van der Waals surface area contributed by atoms with Gasteiger partial charge in [0.25, 0.3) is 0 Å². The third-order valence-corrected chi connectivity index (χ3v) is 3.33. The van der Waals surface area contributed by atoms with Gasteiger partial charge in [0, 0.05) is 16.6 Å². The van der Waals surface area contributed by atoms with Crippen LogP contribution in [0.25, 0.3) is 0 Å². The van der Waals surface area contributed by atoms with Crippen LogP contribution < -0.4 is 5.73 Å². The molecule has 0 aromatic heterocycles. The molecule has 0 saturated carbocycles. The van der Waals surface area contributed by atoms with Crippen LogP contribution in [0.5, 0.6) is 0 Å². The Morgan fingerprint density at radius 3 is 2.93 bits per heavy atom. The lowest BCUT2D eigenvalue weighted by Gasteiger charge is -2.11. The van der Waals surface area contributed by atoms with Crippen LogP contribution in [0, 0.1) is 6.92 Å². The lowest BCUT2D eigenvalue weighted by atomic mass is 10.1. The normalized spacial score (nSPS) is 25.8. The minimum absolute atomic E-state index is 0.0232. The Morgan fingerprint density at radius 2 is 2.33 bits per heavy atom. The van der Waals surface area contributed by atoms with Gasteiger partial charge >= 0.3 is 0 Å². The van der Waals surface area contributed by atoms with Gasteiger partial charge in [0.1, 0.15) is 0 Å². The second kappa shape index (κ2) is 4.61. The third kappa shape index (κ3) is 2.39. The van der Waals surface area contributed by atoms with Crippen LogP contribution in [0.3, 0.4) is 0 Å². The molecule has 1 fully saturated rings. The van der Waals surface area contributed by atoms with E-state index in [1.165, 1.54) is 5.56 Å². The largest absolute Gasteiger partial charge is 0.346 e. The van der Waals surface area contributed by atoms with E-state index in [0.717, 1.165) is 10.0 Å². The Balaban J connectivity index is 2.13. The maximum Gasteiger partial charge on any atom is 0.184 e. The standard InChI is InChI=1S/C11H14BrNO2/c1-7-2-3-8(4-10(7)12)11-14-6-9(5-13)15-11/h2-4,9,11H,5-6,13H2,1H3. The van der Waals surface area contributed by atoms with E-state index in [4.69, 9.17) is 15.2 Å². The van der Waals surface area contributed by atoms with E-state index in [1.807, 2.05) is 25.1 Å². The van der Waals surface area contributed by atoms with Crippen molar-refractivity contribution in [1.82, 2.24) is 0 Å². The maximum atomic E-state index is 5.62. The Kier molecular flexibility index (Phi) is 3.41. The monoisotopic (exact) mass is 271 g/mol. The van der Waals surface area contributed by atoms with Gasteiger partial charge in [-0.3, -0.25) is 0 Å². The fourth-order valence-electron chi connectivity index (χ4n) is 1.50. The van der Waals surface area contributed by atoms with Crippen molar-refractivity contribution in [3.63, 3.8) is 0 Å². The fourth-order valence-corrected chi connectivity index (χ4v) is 1.90. The van der Waals surface area contributed by atoms with Crippen molar-refractivity contribution in [2.75, 3.05) is 13.2 Å². The molecule has 1 heterocycles. The summed E-state index contributed by atoms with van der Waals surface area (Å²) in [5, 5.41) is 0. The summed E-state index contributed by atoms with van der Waals surface area (Å²) in [5.41, 5.74) is 7.75. The predicted molar refractivity (Wildman–Crippen MR) is 61.5 cm³/mol. The Hall–Kier alpha value is -0.420. The molecular weight excluding hydrogens is 258 g/mol. The second-order valence-corrected chi connectivity index (χ2v) is 4.52. The van der Waals surface area contributed by atoms with Crippen LogP contribution in [-0.2, 0) is 9.47 Å². The average Bonchev–Trinajstić information content (AvgIpc) is 2.70. The molecule has 3 nitrogen and oxygen atoms in total. The van der Waals surface area contributed by atoms with E-state index in [9.17, 15) is 0 Å². The molecule has 15 heavy (non-hydrogen) atoms. The van der Waals surface area contributed by atoms with Crippen molar-refractivity contribution in [3.05, 3.63) is 33.8 Å². The van der Waals surface area contributed by atoms with Gasteiger partial charge in [0.05, 0.1) is 12.7 Å². The first-order valence-electron chi connectivity index (χ1n) is 4.94. The SMILES string of the molecule is Cc1ccc(C2OCC(CN)O2)cc1Br. The molecule has 82 valence electrons. The topological polar surface area (TPSA) is 44.5 Å². The molecule has 0 amide bonds. The van der Waals surface area contributed by atoms with Gasteiger partial charge < -0.3 is 15.2 Å². The number of aryl methyl sites for hydroxylation is 1. The molecule has 0 radical (unpaired) electrons. The molecule has 1 aromatic rings. The summed E-state index contributed by atoms with van der Waals surface area (Å²) < 4.78 is 12.2. The zero-order chi connectivity index (χ0) is 10.8. The smallest absolute Gasteiger partial charge is 0.184 e. The van der Waals surface area contributed by atoms with Crippen LogP contribution in [-0.4, -0.2) is 19.3 Å². The van der Waals surface area contributed by atoms with Gasteiger partial charge in [-0.05, 0) is 18.6 Å². The molecule has 2 N–H and O–H groups in total. The van der Waals surface area contributed by atoms with Crippen molar-refractivity contribution in [2.24, 2.45) is 5.73 Å². The Labute approximate surface area is 97.7 Å². The number of hydrogen-bond donors (Lipinski definition) is 1. The second-order valence-electron chi connectivity index (χ2n) is 3.67. The van der Waals surface area contributed by atoms with E-state index in [2.05, 4.69) is 15.9 Å². The molecular formula is C11H14BrNO2. The van der Waals surface area contributed by atoms with Crippen LogP contribution in [0.15, 0.2) is 22.7 Å². The summed E-state index contributed by atoms with van der Waals surface area (Å²) in [5.74, 6) is 0. The highest BCUT2D eigenvalue weighted by atomic mass is 79.9. The molecule has 0 bridgehead atoms. The lowest BCUT2D eigenvalue weighted by molar-refractivity contribution is -0.0585. The molecule has 1 saturated heterocycles. The van der Waals surface area contributed by atoms with E-state index < -0.39 is 0 Å². The van der Waals surface area contributed by atoms with E-state index in [0.29, 0.717) is 13.2 Å². The molecule has 0 spiro atoms. The molecule has 2 rings (SSSR count). The first-order valence-corrected chi connectivity index (χ1v) is 5.73. The number of ether oxygens (including phenoxy) is 2. The highest BCUT2D eigenvalue weighted by Gasteiger charge is 2.26. The van der Waals surface area contributed by atoms with Crippen molar-refractivity contribution in [1.29, 1.82) is 0 Å². The van der Waals surface area contributed by atoms with Crippen LogP contribution in [0.1, 0.15) is 17.4 Å². The maximum absolute atomic E-state index is 5.62. The average molecular weight is 272 g/mol. The quantitative estimate of drug-likeness (QED) is 0.897. The van der Waals surface area contributed by atoms with Gasteiger partial charge in [0.15, 0.2) is 6.29 Å². The zero-order valence-corrected chi connectivity index (χ0v) is 10.2. The van der Waals surface area contributed by atoms with Crippen LogP contribution in [0.4, 0.5) is 0 Å². The van der Waals surface area contributed by atoms with Gasteiger partial charge in [-0.15, -0.1) is 0 Å². The summed E-state index contributed by atoms with van der Waals surface area (Å²) >= 11 is 3.49. The summed E-state index contributed by atoms with van der Waals surface area (Å²) in [4.78, 5) is 0. The minimum atomic E-state index is -0.268. The van der Waals surface area contributed by atoms with E-state index >= 15 is 0 Å². The van der Waals surface area contributed by atoms with E-state index in [-0.39, 0.29) is 12.4 Å². The number of hydrogen-bond acceptors (Lipinski definition) is 3. The van der Waals surface area contributed by atoms with Crippen LogP contribution >= 0.6 is 15.9 Å². The molecule has 1 aliphatic rings. The highest BCUT2D eigenvalue weighted by molar-refractivity contribution is 9.10. The summed E-state index contributed by atoms with van der Waals surface area (Å²) in [6.45, 7) is 3.13. The molecule has 2 atom stereocenters. The molecule has 2 unspecified atom stereocenters. The van der Waals surface area contributed by atoms with Crippen molar-refractivity contribution >= 4 is 15.9 Å². The minimum Gasteiger partial charge on any atom is -0.346 e. The fraction of sp³-hybridized carbons (Fsp3) is 0.455. The number of rotatable bonds is 2. The van der Waals surface area contributed by atoms with Gasteiger partial charge in [0.2, 0.25) is 0 Å². The highest BCUT2D eigenvalue weighted by Crippen LogP contribution is 2.29. The molecule has 0 aliphatic carbocycles. The van der Waals surface area contributed by atoms with Crippen molar-refractivity contribution < 1.29 is 9.47 Å².